The summed E-state index contributed by atoms with van der Waals surface area (Å²) in [6, 6.07) is 7.99. The minimum Gasteiger partial charge on any atom is -0.493 e. The molecule has 0 aliphatic heterocycles. The Kier molecular flexibility index (Phi) is 7.62. The second-order valence-electron chi connectivity index (χ2n) is 5.93. The third-order valence-electron chi connectivity index (χ3n) is 3.80. The lowest BCUT2D eigenvalue weighted by Gasteiger charge is -2.12. The molecule has 24 heavy (non-hydrogen) atoms. The van der Waals surface area contributed by atoms with Crippen LogP contribution in [0.4, 0.5) is 0 Å². The summed E-state index contributed by atoms with van der Waals surface area (Å²) < 4.78 is 16.3. The van der Waals surface area contributed by atoms with E-state index in [2.05, 4.69) is 23.5 Å². The monoisotopic (exact) mass is 332 g/mol. The van der Waals surface area contributed by atoms with Crippen LogP contribution in [0.5, 0.6) is 11.5 Å². The van der Waals surface area contributed by atoms with Crippen LogP contribution in [-0.4, -0.2) is 18.9 Å². The molecular weight excluding hydrogens is 304 g/mol. The number of methoxy groups -OCH3 is 1. The summed E-state index contributed by atoms with van der Waals surface area (Å²) in [5, 5.41) is 7.32. The normalized spacial score (nSPS) is 10.8. The van der Waals surface area contributed by atoms with Gasteiger partial charge in [-0.25, -0.2) is 0 Å². The summed E-state index contributed by atoms with van der Waals surface area (Å²) in [4.78, 5) is 0. The molecule has 132 valence electrons. The number of hydrogen-bond donors (Lipinski definition) is 1. The molecule has 1 aromatic heterocycles. The summed E-state index contributed by atoms with van der Waals surface area (Å²) in [5.74, 6) is 2.42. The van der Waals surface area contributed by atoms with Crippen molar-refractivity contribution < 1.29 is 14.0 Å². The maximum absolute atomic E-state index is 5.84. The highest BCUT2D eigenvalue weighted by Gasteiger charge is 2.06. The Balaban J connectivity index is 1.81. The van der Waals surface area contributed by atoms with Gasteiger partial charge in [0.15, 0.2) is 11.5 Å². The number of benzene rings is 1. The molecule has 2 aromatic rings. The van der Waals surface area contributed by atoms with Crippen LogP contribution in [0.15, 0.2) is 28.8 Å². The van der Waals surface area contributed by atoms with Gasteiger partial charge in [-0.05, 0) is 31.0 Å². The van der Waals surface area contributed by atoms with Crippen molar-refractivity contribution in [2.75, 3.05) is 13.7 Å². The predicted octanol–water partition coefficient (Wildman–Crippen LogP) is 4.24. The van der Waals surface area contributed by atoms with Crippen LogP contribution >= 0.6 is 0 Å². The lowest BCUT2D eigenvalue weighted by Crippen LogP contribution is -2.13. The van der Waals surface area contributed by atoms with Gasteiger partial charge in [0.25, 0.3) is 0 Å². The van der Waals surface area contributed by atoms with Crippen LogP contribution < -0.4 is 14.8 Å². The zero-order valence-electron chi connectivity index (χ0n) is 14.9. The van der Waals surface area contributed by atoms with Gasteiger partial charge in [0.1, 0.15) is 5.76 Å². The molecule has 0 fully saturated rings. The smallest absolute Gasteiger partial charge is 0.161 e. The van der Waals surface area contributed by atoms with Crippen molar-refractivity contribution in [1.82, 2.24) is 10.5 Å². The van der Waals surface area contributed by atoms with Crippen molar-refractivity contribution in [2.45, 2.75) is 52.6 Å². The number of aromatic nitrogens is 1. The van der Waals surface area contributed by atoms with Crippen LogP contribution in [-0.2, 0) is 13.1 Å². The summed E-state index contributed by atoms with van der Waals surface area (Å²) in [6.45, 7) is 6.25. The van der Waals surface area contributed by atoms with Crippen LogP contribution in [0.1, 0.15) is 49.6 Å². The van der Waals surface area contributed by atoms with Gasteiger partial charge in [0.05, 0.1) is 19.4 Å². The van der Waals surface area contributed by atoms with E-state index in [1.54, 1.807) is 7.11 Å². The maximum Gasteiger partial charge on any atom is 0.161 e. The molecule has 0 aliphatic carbocycles. The molecule has 0 bridgehead atoms. The lowest BCUT2D eigenvalue weighted by atomic mass is 10.2. The molecule has 0 aliphatic rings. The minimum atomic E-state index is 0.676. The summed E-state index contributed by atoms with van der Waals surface area (Å²) >= 11 is 0. The fourth-order valence-electron chi connectivity index (χ4n) is 2.49. The van der Waals surface area contributed by atoms with E-state index in [0.29, 0.717) is 6.54 Å². The number of ether oxygens (including phenoxy) is 2. The Morgan fingerprint density at radius 3 is 2.67 bits per heavy atom. The van der Waals surface area contributed by atoms with Crippen molar-refractivity contribution in [2.24, 2.45) is 0 Å². The molecule has 0 unspecified atom stereocenters. The molecule has 2 rings (SSSR count). The average Bonchev–Trinajstić information content (AvgIpc) is 3.00. The molecule has 1 aromatic carbocycles. The van der Waals surface area contributed by atoms with E-state index < -0.39 is 0 Å². The highest BCUT2D eigenvalue weighted by Crippen LogP contribution is 2.28. The molecule has 0 atom stereocenters. The van der Waals surface area contributed by atoms with Crippen LogP contribution in [0.25, 0.3) is 0 Å². The maximum atomic E-state index is 5.84. The Bertz CT molecular complexity index is 610. The minimum absolute atomic E-state index is 0.676. The van der Waals surface area contributed by atoms with E-state index in [1.165, 1.54) is 19.3 Å². The number of nitrogens with zero attached hydrogens (tertiary/aromatic N) is 1. The van der Waals surface area contributed by atoms with Gasteiger partial charge in [0, 0.05) is 19.2 Å². The first-order valence-electron chi connectivity index (χ1n) is 8.65. The van der Waals surface area contributed by atoms with Crippen molar-refractivity contribution in [3.05, 3.63) is 41.3 Å². The van der Waals surface area contributed by atoms with Gasteiger partial charge in [-0.15, -0.1) is 0 Å². The van der Waals surface area contributed by atoms with Gasteiger partial charge < -0.3 is 19.3 Å². The molecular formula is C19H28N2O3. The molecule has 0 radical (unpaired) electrons. The van der Waals surface area contributed by atoms with Crippen molar-refractivity contribution >= 4 is 0 Å². The van der Waals surface area contributed by atoms with Gasteiger partial charge in [-0.2, -0.15) is 0 Å². The van der Waals surface area contributed by atoms with Gasteiger partial charge in [-0.3, -0.25) is 0 Å². The third-order valence-corrected chi connectivity index (χ3v) is 3.80. The van der Waals surface area contributed by atoms with Crippen LogP contribution in [0.3, 0.4) is 0 Å². The zero-order chi connectivity index (χ0) is 17.2. The van der Waals surface area contributed by atoms with Crippen LogP contribution in [0, 0.1) is 6.92 Å². The fraction of sp³-hybridized carbons (Fsp3) is 0.526. The van der Waals surface area contributed by atoms with Crippen LogP contribution in [0.2, 0.25) is 0 Å². The largest absolute Gasteiger partial charge is 0.493 e. The lowest BCUT2D eigenvalue weighted by molar-refractivity contribution is 0.285. The van der Waals surface area contributed by atoms with E-state index in [1.807, 2.05) is 25.1 Å². The molecule has 0 amide bonds. The molecule has 0 spiro atoms. The standard InChI is InChI=1S/C19H28N2O3/c1-4-5-6-7-10-23-18-9-8-16(12-19(18)22-3)13-20-14-17-11-15(2)24-21-17/h8-9,11-12,20H,4-7,10,13-14H2,1-3H3. The van der Waals surface area contributed by atoms with E-state index in [-0.39, 0.29) is 0 Å². The highest BCUT2D eigenvalue weighted by atomic mass is 16.5. The quantitative estimate of drug-likeness (QED) is 0.624. The van der Waals surface area contributed by atoms with E-state index in [4.69, 9.17) is 14.0 Å². The van der Waals surface area contributed by atoms with Crippen molar-refractivity contribution in [3.8, 4) is 11.5 Å². The average molecular weight is 332 g/mol. The topological polar surface area (TPSA) is 56.5 Å². The van der Waals surface area contributed by atoms with E-state index in [0.717, 1.165) is 48.1 Å². The second-order valence-corrected chi connectivity index (χ2v) is 5.93. The molecule has 1 N–H and O–H groups in total. The molecule has 0 saturated heterocycles. The van der Waals surface area contributed by atoms with Crippen molar-refractivity contribution in [3.63, 3.8) is 0 Å². The number of aryl methyl sites for hydroxylation is 1. The van der Waals surface area contributed by atoms with Gasteiger partial charge in [-0.1, -0.05) is 37.4 Å². The predicted molar refractivity (Wildman–Crippen MR) is 94.4 cm³/mol. The summed E-state index contributed by atoms with van der Waals surface area (Å²) in [7, 11) is 1.68. The summed E-state index contributed by atoms with van der Waals surface area (Å²) in [5.41, 5.74) is 2.05. The number of hydrogen-bond acceptors (Lipinski definition) is 5. The Morgan fingerprint density at radius 2 is 1.96 bits per heavy atom. The molecule has 5 nitrogen and oxygen atoms in total. The Hall–Kier alpha value is -2.01. The number of rotatable bonds is 11. The summed E-state index contributed by atoms with van der Waals surface area (Å²) in [6.07, 6.45) is 4.79. The zero-order valence-corrected chi connectivity index (χ0v) is 14.9. The van der Waals surface area contributed by atoms with Crippen molar-refractivity contribution in [1.29, 1.82) is 0 Å². The SMILES string of the molecule is CCCCCCOc1ccc(CNCc2cc(C)on2)cc1OC. The van der Waals surface area contributed by atoms with Gasteiger partial charge in [0.2, 0.25) is 0 Å². The Labute approximate surface area is 144 Å². The molecule has 1 heterocycles. The van der Waals surface area contributed by atoms with E-state index >= 15 is 0 Å². The number of nitrogens with one attached hydrogen (secondary N) is 1. The first kappa shape index (κ1) is 18.3. The van der Waals surface area contributed by atoms with Gasteiger partial charge >= 0.3 is 0 Å². The highest BCUT2D eigenvalue weighted by molar-refractivity contribution is 5.42. The molecule has 0 saturated carbocycles. The second kappa shape index (κ2) is 9.98. The Morgan fingerprint density at radius 1 is 1.08 bits per heavy atom. The third kappa shape index (κ3) is 5.89. The molecule has 5 heteroatoms. The number of unbranched alkanes of at least 4 members (excludes halogenated alkanes) is 3. The fourth-order valence-corrected chi connectivity index (χ4v) is 2.49. The first-order chi connectivity index (χ1) is 11.7. The van der Waals surface area contributed by atoms with E-state index in [9.17, 15) is 0 Å². The first-order valence-corrected chi connectivity index (χ1v) is 8.65.